The van der Waals surface area contributed by atoms with E-state index in [0.717, 1.165) is 32.1 Å². The summed E-state index contributed by atoms with van der Waals surface area (Å²) >= 11 is 0. The Balaban J connectivity index is 3.27. The second-order valence-corrected chi connectivity index (χ2v) is 5.65. The van der Waals surface area contributed by atoms with Crippen LogP contribution in [0.15, 0.2) is 12.2 Å². The molecule has 0 aliphatic rings. The fourth-order valence-corrected chi connectivity index (χ4v) is 2.21. The summed E-state index contributed by atoms with van der Waals surface area (Å²) in [5.74, 6) is 6.26. The minimum absolute atomic E-state index is 0.0603. The van der Waals surface area contributed by atoms with Crippen LogP contribution in [0.1, 0.15) is 90.9 Å². The van der Waals surface area contributed by atoms with Gasteiger partial charge in [-0.05, 0) is 38.7 Å². The van der Waals surface area contributed by atoms with Crippen molar-refractivity contribution in [3.63, 3.8) is 0 Å². The van der Waals surface area contributed by atoms with Gasteiger partial charge >= 0.3 is 5.97 Å². The van der Waals surface area contributed by atoms with Crippen molar-refractivity contribution in [1.82, 2.24) is 0 Å². The van der Waals surface area contributed by atoms with Gasteiger partial charge in [0.25, 0.3) is 0 Å². The summed E-state index contributed by atoms with van der Waals surface area (Å²) in [5, 5.41) is 0. The van der Waals surface area contributed by atoms with Crippen LogP contribution in [-0.4, -0.2) is 12.6 Å². The maximum atomic E-state index is 11.1. The maximum absolute atomic E-state index is 11.1. The van der Waals surface area contributed by atoms with E-state index >= 15 is 0 Å². The number of carbonyl (C=O) groups is 1. The molecule has 0 aliphatic carbocycles. The summed E-state index contributed by atoms with van der Waals surface area (Å²) in [7, 11) is 0. The fourth-order valence-electron chi connectivity index (χ4n) is 2.21. The van der Waals surface area contributed by atoms with Gasteiger partial charge in [0.05, 0.1) is 6.61 Å². The van der Waals surface area contributed by atoms with E-state index in [-0.39, 0.29) is 5.97 Å². The lowest BCUT2D eigenvalue weighted by Gasteiger charge is -2.01. The molecule has 0 atom stereocenters. The van der Waals surface area contributed by atoms with Gasteiger partial charge in [-0.2, -0.15) is 0 Å². The van der Waals surface area contributed by atoms with E-state index in [4.69, 9.17) is 4.74 Å². The number of carbonyl (C=O) groups excluding carboxylic acids is 1. The minimum atomic E-state index is -0.0603. The molecule has 126 valence electrons. The molecule has 0 aliphatic heterocycles. The van der Waals surface area contributed by atoms with E-state index in [9.17, 15) is 4.79 Å². The van der Waals surface area contributed by atoms with Crippen LogP contribution >= 0.6 is 0 Å². The van der Waals surface area contributed by atoms with Gasteiger partial charge in [0, 0.05) is 12.8 Å². The molecule has 0 aromatic rings. The molecule has 0 spiro atoms. The second kappa shape index (κ2) is 17.8. The first kappa shape index (κ1) is 20.8. The Hall–Kier alpha value is -1.23. The molecular formula is C20H34O2. The Labute approximate surface area is 137 Å². The predicted molar refractivity (Wildman–Crippen MR) is 94.6 cm³/mol. The van der Waals surface area contributed by atoms with Crippen LogP contribution in [0.2, 0.25) is 0 Å². The SMILES string of the molecule is CCCCCC/C=C/C#CCCCCCCCC(=O)OCC. The number of hydrogen-bond donors (Lipinski definition) is 0. The Morgan fingerprint density at radius 2 is 1.68 bits per heavy atom. The van der Waals surface area contributed by atoms with E-state index in [1.54, 1.807) is 0 Å². The largest absolute Gasteiger partial charge is 0.466 e. The highest BCUT2D eigenvalue weighted by molar-refractivity contribution is 5.69. The topological polar surface area (TPSA) is 26.3 Å². The zero-order chi connectivity index (χ0) is 16.3. The molecule has 0 aromatic carbocycles. The van der Waals surface area contributed by atoms with E-state index in [2.05, 4.69) is 24.8 Å². The van der Waals surface area contributed by atoms with Gasteiger partial charge in [-0.1, -0.05) is 63.4 Å². The molecule has 0 amide bonds. The first-order valence-corrected chi connectivity index (χ1v) is 9.10. The van der Waals surface area contributed by atoms with Crippen molar-refractivity contribution in [2.75, 3.05) is 6.61 Å². The number of rotatable bonds is 13. The number of esters is 1. The molecule has 0 saturated heterocycles. The molecule has 0 N–H and O–H groups in total. The van der Waals surface area contributed by atoms with E-state index in [1.807, 2.05) is 13.0 Å². The molecule has 0 radical (unpaired) electrons. The van der Waals surface area contributed by atoms with Crippen LogP contribution in [0, 0.1) is 11.8 Å². The quantitative estimate of drug-likeness (QED) is 0.244. The third-order valence-corrected chi connectivity index (χ3v) is 3.52. The summed E-state index contributed by atoms with van der Waals surface area (Å²) in [6.45, 7) is 4.58. The Morgan fingerprint density at radius 1 is 0.955 bits per heavy atom. The minimum Gasteiger partial charge on any atom is -0.466 e. The summed E-state index contributed by atoms with van der Waals surface area (Å²) in [6.07, 6.45) is 17.8. The van der Waals surface area contributed by atoms with Crippen LogP contribution in [0.4, 0.5) is 0 Å². The van der Waals surface area contributed by atoms with Crippen molar-refractivity contribution in [3.05, 3.63) is 12.2 Å². The number of hydrogen-bond acceptors (Lipinski definition) is 2. The summed E-state index contributed by atoms with van der Waals surface area (Å²) in [4.78, 5) is 11.1. The molecular weight excluding hydrogens is 272 g/mol. The molecule has 0 unspecified atom stereocenters. The van der Waals surface area contributed by atoms with Crippen molar-refractivity contribution in [2.45, 2.75) is 90.9 Å². The molecule has 0 saturated carbocycles. The zero-order valence-corrected chi connectivity index (χ0v) is 14.7. The molecule has 0 bridgehead atoms. The average molecular weight is 306 g/mol. The van der Waals surface area contributed by atoms with Crippen LogP contribution in [0.25, 0.3) is 0 Å². The van der Waals surface area contributed by atoms with Gasteiger partial charge in [-0.15, -0.1) is 0 Å². The van der Waals surface area contributed by atoms with Crippen LogP contribution < -0.4 is 0 Å². The highest BCUT2D eigenvalue weighted by Gasteiger charge is 2.00. The lowest BCUT2D eigenvalue weighted by atomic mass is 10.1. The van der Waals surface area contributed by atoms with Gasteiger partial charge in [0.15, 0.2) is 0 Å². The van der Waals surface area contributed by atoms with Crippen LogP contribution in [0.3, 0.4) is 0 Å². The highest BCUT2D eigenvalue weighted by atomic mass is 16.5. The summed E-state index contributed by atoms with van der Waals surface area (Å²) in [6, 6.07) is 0. The number of unbranched alkanes of at least 4 members (excludes halogenated alkanes) is 9. The lowest BCUT2D eigenvalue weighted by molar-refractivity contribution is -0.143. The van der Waals surface area contributed by atoms with Crippen molar-refractivity contribution >= 4 is 5.97 Å². The first-order chi connectivity index (χ1) is 10.8. The van der Waals surface area contributed by atoms with Gasteiger partial charge in [-0.25, -0.2) is 0 Å². The molecule has 22 heavy (non-hydrogen) atoms. The standard InChI is InChI=1S/C20H34O2/c1-3-5-6-7-8-9-10-11-12-13-14-15-16-17-18-19-20(21)22-4-2/h9-10H,3-8,13-19H2,1-2H3/b10-9+. The molecule has 0 rings (SSSR count). The van der Waals surface area contributed by atoms with Crippen molar-refractivity contribution in [2.24, 2.45) is 0 Å². The second-order valence-electron chi connectivity index (χ2n) is 5.65. The zero-order valence-electron chi connectivity index (χ0n) is 14.7. The van der Waals surface area contributed by atoms with Gasteiger partial charge < -0.3 is 4.74 Å². The van der Waals surface area contributed by atoms with E-state index in [0.29, 0.717) is 13.0 Å². The molecule has 0 heterocycles. The smallest absolute Gasteiger partial charge is 0.305 e. The fraction of sp³-hybridized carbons (Fsp3) is 0.750. The van der Waals surface area contributed by atoms with Gasteiger partial charge in [0.2, 0.25) is 0 Å². The average Bonchev–Trinajstić information content (AvgIpc) is 2.51. The maximum Gasteiger partial charge on any atom is 0.305 e. The van der Waals surface area contributed by atoms with Crippen LogP contribution in [-0.2, 0) is 9.53 Å². The molecule has 2 nitrogen and oxygen atoms in total. The molecule has 0 aromatic heterocycles. The van der Waals surface area contributed by atoms with E-state index < -0.39 is 0 Å². The van der Waals surface area contributed by atoms with Gasteiger partial charge in [0.1, 0.15) is 0 Å². The monoisotopic (exact) mass is 306 g/mol. The lowest BCUT2D eigenvalue weighted by Crippen LogP contribution is -2.03. The predicted octanol–water partition coefficient (Wildman–Crippen LogP) is 5.81. The third-order valence-electron chi connectivity index (χ3n) is 3.52. The Bertz CT molecular complexity index is 333. The summed E-state index contributed by atoms with van der Waals surface area (Å²) < 4.78 is 4.90. The Kier molecular flexibility index (Phi) is 16.8. The van der Waals surface area contributed by atoms with Crippen LogP contribution in [0.5, 0.6) is 0 Å². The first-order valence-electron chi connectivity index (χ1n) is 9.10. The van der Waals surface area contributed by atoms with E-state index in [1.165, 1.54) is 38.5 Å². The van der Waals surface area contributed by atoms with Crippen molar-refractivity contribution in [1.29, 1.82) is 0 Å². The highest BCUT2D eigenvalue weighted by Crippen LogP contribution is 2.07. The third kappa shape index (κ3) is 16.8. The molecule has 0 fully saturated rings. The summed E-state index contributed by atoms with van der Waals surface area (Å²) in [5.41, 5.74) is 0. The van der Waals surface area contributed by atoms with Crippen molar-refractivity contribution < 1.29 is 9.53 Å². The molecule has 2 heteroatoms. The van der Waals surface area contributed by atoms with Gasteiger partial charge in [-0.3, -0.25) is 4.79 Å². The van der Waals surface area contributed by atoms with Crippen molar-refractivity contribution in [3.8, 4) is 11.8 Å². The Morgan fingerprint density at radius 3 is 2.45 bits per heavy atom. The number of allylic oxidation sites excluding steroid dienone is 2. The number of ether oxygens (including phenoxy) is 1. The normalized spacial score (nSPS) is 10.5.